The summed E-state index contributed by atoms with van der Waals surface area (Å²) in [6.07, 6.45) is 5.31. The highest BCUT2D eigenvalue weighted by Crippen LogP contribution is 2.33. The molecule has 0 bridgehead atoms. The van der Waals surface area contributed by atoms with Crippen molar-refractivity contribution in [1.29, 1.82) is 0 Å². The number of hydrogen-bond donors (Lipinski definition) is 1. The molecule has 1 aliphatic carbocycles. The molecule has 0 spiro atoms. The minimum absolute atomic E-state index is 0.0549. The minimum atomic E-state index is 0.0549. The van der Waals surface area contributed by atoms with Crippen molar-refractivity contribution in [2.75, 3.05) is 32.7 Å². The van der Waals surface area contributed by atoms with Crippen molar-refractivity contribution < 1.29 is 9.59 Å². The van der Waals surface area contributed by atoms with Crippen LogP contribution in [0.25, 0.3) is 10.9 Å². The van der Waals surface area contributed by atoms with Crippen molar-refractivity contribution in [3.8, 4) is 0 Å². The quantitative estimate of drug-likeness (QED) is 0.517. The molecule has 0 radical (unpaired) electrons. The zero-order valence-corrected chi connectivity index (χ0v) is 21.8. The summed E-state index contributed by atoms with van der Waals surface area (Å²) < 4.78 is 2.03. The number of nitrogens with zero attached hydrogens (tertiary/aromatic N) is 3. The molecule has 3 heterocycles. The van der Waals surface area contributed by atoms with Crippen LogP contribution in [0.5, 0.6) is 0 Å². The maximum absolute atomic E-state index is 13.4. The van der Waals surface area contributed by atoms with Crippen molar-refractivity contribution in [3.63, 3.8) is 0 Å². The largest absolute Gasteiger partial charge is 0.349 e. The number of hydrogen-bond acceptors (Lipinski definition) is 3. The minimum Gasteiger partial charge on any atom is -0.349 e. The van der Waals surface area contributed by atoms with Crippen LogP contribution < -0.4 is 5.32 Å². The summed E-state index contributed by atoms with van der Waals surface area (Å²) in [5.74, 6) is 1.62. The molecule has 2 saturated heterocycles. The first-order valence-electron chi connectivity index (χ1n) is 14.0. The van der Waals surface area contributed by atoms with Gasteiger partial charge in [-0.25, -0.2) is 0 Å². The Kier molecular flexibility index (Phi) is 6.76. The van der Waals surface area contributed by atoms with Crippen molar-refractivity contribution in [3.05, 3.63) is 71.9 Å². The van der Waals surface area contributed by atoms with Crippen LogP contribution in [0, 0.1) is 17.8 Å². The van der Waals surface area contributed by atoms with Gasteiger partial charge in [-0.15, -0.1) is 0 Å². The van der Waals surface area contributed by atoms with E-state index < -0.39 is 0 Å². The Balaban J connectivity index is 1.05. The smallest absolute Gasteiger partial charge is 0.270 e. The lowest BCUT2D eigenvalue weighted by Crippen LogP contribution is -2.37. The number of fused-ring (bicyclic) bond motifs is 2. The first-order valence-corrected chi connectivity index (χ1v) is 14.0. The number of nitrogens with one attached hydrogen (secondary N) is 1. The van der Waals surface area contributed by atoms with Gasteiger partial charge in [0.15, 0.2) is 0 Å². The standard InChI is InChI=1S/C31H38N4O2/c1-33-28-14-8-7-13-24(28)17-29(33)31(37)35-20-25-18-34(19-26(25)21-35)16-15-27(22-9-3-2-4-10-22)32-30(36)23-11-5-6-12-23/h2-4,7-10,13-14,17,23,25-27H,5-6,11-12,15-16,18-21H2,1H3,(H,32,36)/t25-,26?,27?/m0/s1. The molecule has 6 nitrogen and oxygen atoms in total. The van der Waals surface area contributed by atoms with Crippen molar-refractivity contribution in [2.45, 2.75) is 38.1 Å². The molecule has 1 aromatic heterocycles. The van der Waals surface area contributed by atoms with E-state index in [-0.39, 0.29) is 23.8 Å². The van der Waals surface area contributed by atoms with E-state index in [1.165, 1.54) is 18.4 Å². The Labute approximate surface area is 219 Å². The summed E-state index contributed by atoms with van der Waals surface area (Å²) in [6, 6.07) is 20.7. The third kappa shape index (κ3) is 4.91. The van der Waals surface area contributed by atoms with Crippen LogP contribution in [0.15, 0.2) is 60.7 Å². The number of likely N-dealkylation sites (tertiary alicyclic amines) is 2. The van der Waals surface area contributed by atoms with Gasteiger partial charge in [0, 0.05) is 56.6 Å². The Morgan fingerprint density at radius 3 is 2.30 bits per heavy atom. The molecular formula is C31H38N4O2. The molecule has 1 saturated carbocycles. The SMILES string of the molecule is Cn1c(C(=O)N2CC3CN(CCC(NC(=O)C4CCCC4)c4ccccc4)C[C@H]3C2)cc2ccccc21. The van der Waals surface area contributed by atoms with Crippen LogP contribution in [-0.4, -0.2) is 58.9 Å². The first kappa shape index (κ1) is 24.2. The van der Waals surface area contributed by atoms with Gasteiger partial charge in [0.05, 0.1) is 6.04 Å². The summed E-state index contributed by atoms with van der Waals surface area (Å²) in [4.78, 5) is 30.9. The fraction of sp³-hybridized carbons (Fsp3) is 0.484. The first-order chi connectivity index (χ1) is 18.1. The van der Waals surface area contributed by atoms with E-state index in [1.54, 1.807) is 0 Å². The van der Waals surface area contributed by atoms with Gasteiger partial charge < -0.3 is 19.7 Å². The summed E-state index contributed by atoms with van der Waals surface area (Å²) in [7, 11) is 1.99. The zero-order chi connectivity index (χ0) is 25.4. The number of aryl methyl sites for hydroxylation is 1. The molecule has 2 aromatic carbocycles. The molecular weight excluding hydrogens is 460 g/mol. The third-order valence-electron chi connectivity index (χ3n) is 9.00. The van der Waals surface area contributed by atoms with Crippen LogP contribution in [0.4, 0.5) is 0 Å². The maximum Gasteiger partial charge on any atom is 0.270 e. The second-order valence-corrected chi connectivity index (χ2v) is 11.4. The van der Waals surface area contributed by atoms with Crippen LogP contribution in [0.1, 0.15) is 54.2 Å². The second kappa shape index (κ2) is 10.3. The number of benzene rings is 2. The second-order valence-electron chi connectivity index (χ2n) is 11.4. The lowest BCUT2D eigenvalue weighted by atomic mass is 10.0. The molecule has 6 heteroatoms. The van der Waals surface area contributed by atoms with Gasteiger partial charge in [-0.3, -0.25) is 9.59 Å². The van der Waals surface area contributed by atoms with E-state index in [9.17, 15) is 9.59 Å². The lowest BCUT2D eigenvalue weighted by molar-refractivity contribution is -0.125. The highest BCUT2D eigenvalue weighted by atomic mass is 16.2. The number of rotatable bonds is 7. The Bertz CT molecular complexity index is 1250. The third-order valence-corrected chi connectivity index (χ3v) is 9.00. The van der Waals surface area contributed by atoms with Crippen molar-refractivity contribution in [2.24, 2.45) is 24.8 Å². The van der Waals surface area contributed by atoms with Gasteiger partial charge in [0.2, 0.25) is 5.91 Å². The Morgan fingerprint density at radius 1 is 0.919 bits per heavy atom. The number of carbonyl (C=O) groups excluding carboxylic acids is 2. The average molecular weight is 499 g/mol. The van der Waals surface area contributed by atoms with E-state index in [0.717, 1.165) is 68.6 Å². The maximum atomic E-state index is 13.4. The normalized spacial score (nSPS) is 23.0. The highest BCUT2D eigenvalue weighted by Gasteiger charge is 2.42. The van der Waals surface area contributed by atoms with Gasteiger partial charge >= 0.3 is 0 Å². The Morgan fingerprint density at radius 2 is 1.59 bits per heavy atom. The fourth-order valence-corrected chi connectivity index (χ4v) is 6.89. The lowest BCUT2D eigenvalue weighted by Gasteiger charge is -2.25. The van der Waals surface area contributed by atoms with Crippen LogP contribution in [-0.2, 0) is 11.8 Å². The van der Waals surface area contributed by atoms with Gasteiger partial charge in [0.1, 0.15) is 5.69 Å². The fourth-order valence-electron chi connectivity index (χ4n) is 6.89. The van der Waals surface area contributed by atoms with Gasteiger partial charge in [-0.05, 0) is 48.8 Å². The molecule has 3 aromatic rings. The molecule has 37 heavy (non-hydrogen) atoms. The van der Waals surface area contributed by atoms with Crippen LogP contribution in [0.3, 0.4) is 0 Å². The summed E-state index contributed by atoms with van der Waals surface area (Å²) >= 11 is 0. The molecule has 6 rings (SSSR count). The molecule has 2 aliphatic heterocycles. The van der Waals surface area contributed by atoms with Crippen molar-refractivity contribution >= 4 is 22.7 Å². The molecule has 3 atom stereocenters. The van der Waals surface area contributed by atoms with Gasteiger partial charge in [-0.1, -0.05) is 61.4 Å². The molecule has 3 fully saturated rings. The van der Waals surface area contributed by atoms with Crippen molar-refractivity contribution in [1.82, 2.24) is 19.7 Å². The highest BCUT2D eigenvalue weighted by molar-refractivity contribution is 5.98. The van der Waals surface area contributed by atoms with E-state index in [0.29, 0.717) is 11.8 Å². The zero-order valence-electron chi connectivity index (χ0n) is 21.8. The van der Waals surface area contributed by atoms with Crippen LogP contribution in [0.2, 0.25) is 0 Å². The average Bonchev–Trinajstić information content (AvgIpc) is 3.71. The molecule has 2 amide bonds. The molecule has 1 N–H and O–H groups in total. The molecule has 2 unspecified atom stereocenters. The number of para-hydroxylation sites is 1. The van der Waals surface area contributed by atoms with E-state index >= 15 is 0 Å². The Hall–Kier alpha value is -3.12. The number of amides is 2. The topological polar surface area (TPSA) is 57.6 Å². The summed E-state index contributed by atoms with van der Waals surface area (Å²) in [6.45, 7) is 4.70. The summed E-state index contributed by atoms with van der Waals surface area (Å²) in [5, 5.41) is 4.50. The van der Waals surface area contributed by atoms with E-state index in [2.05, 4.69) is 51.5 Å². The number of aromatic nitrogens is 1. The van der Waals surface area contributed by atoms with Gasteiger partial charge in [0.25, 0.3) is 5.91 Å². The monoisotopic (exact) mass is 498 g/mol. The molecule has 3 aliphatic rings. The predicted octanol–water partition coefficient (Wildman–Crippen LogP) is 4.62. The number of carbonyl (C=O) groups is 2. The van der Waals surface area contributed by atoms with Crippen LogP contribution >= 0.6 is 0 Å². The van der Waals surface area contributed by atoms with E-state index in [1.807, 2.05) is 35.9 Å². The van der Waals surface area contributed by atoms with E-state index in [4.69, 9.17) is 0 Å². The molecule has 194 valence electrons. The van der Waals surface area contributed by atoms with Gasteiger partial charge in [-0.2, -0.15) is 0 Å². The predicted molar refractivity (Wildman–Crippen MR) is 146 cm³/mol. The summed E-state index contributed by atoms with van der Waals surface area (Å²) in [5.41, 5.74) is 3.08.